The molecule has 0 radical (unpaired) electrons. The summed E-state index contributed by atoms with van der Waals surface area (Å²) in [6, 6.07) is 11.4. The molecule has 172 valence electrons. The monoisotopic (exact) mass is 449 g/mol. The zero-order valence-corrected chi connectivity index (χ0v) is 18.1. The van der Waals surface area contributed by atoms with E-state index in [1.165, 1.54) is 0 Å². The zero-order chi connectivity index (χ0) is 23.5. The SMILES string of the molecule is O=C(NC1CCC(C(=O)NCc2ccncc2)CC1)c1ccc(-n2ccnc2)cc1.O=CO. The van der Waals surface area contributed by atoms with Crippen LogP contribution in [0.1, 0.15) is 41.6 Å². The Bertz CT molecular complexity index is 1010. The summed E-state index contributed by atoms with van der Waals surface area (Å²) in [5.41, 5.74) is 2.64. The van der Waals surface area contributed by atoms with Crippen LogP contribution in [0.5, 0.6) is 0 Å². The standard InChI is InChI=1S/C23H25N5O2.CH2O2/c29-22(26-15-17-9-11-24-12-10-17)18-1-5-20(6-2-18)27-23(30)19-3-7-21(8-4-19)28-14-13-25-16-28;2-1-3/h3-4,7-14,16,18,20H,1-2,5-6,15H2,(H,26,29)(H,27,30);1H,(H,2,3). The number of benzene rings is 1. The fraction of sp³-hybridized carbons (Fsp3) is 0.292. The fourth-order valence-corrected chi connectivity index (χ4v) is 3.80. The van der Waals surface area contributed by atoms with Gasteiger partial charge in [0.05, 0.1) is 6.33 Å². The molecule has 2 heterocycles. The molecule has 1 saturated carbocycles. The molecule has 4 rings (SSSR count). The van der Waals surface area contributed by atoms with Crippen molar-refractivity contribution in [3.8, 4) is 5.69 Å². The van der Waals surface area contributed by atoms with E-state index in [4.69, 9.17) is 9.90 Å². The van der Waals surface area contributed by atoms with Gasteiger partial charge in [0.25, 0.3) is 12.4 Å². The van der Waals surface area contributed by atoms with Crippen molar-refractivity contribution in [1.29, 1.82) is 0 Å². The van der Waals surface area contributed by atoms with Crippen molar-refractivity contribution in [2.24, 2.45) is 5.92 Å². The number of aromatic nitrogens is 3. The summed E-state index contributed by atoms with van der Waals surface area (Å²) in [5, 5.41) is 13.0. The highest BCUT2D eigenvalue weighted by Gasteiger charge is 2.27. The second-order valence-corrected chi connectivity index (χ2v) is 7.72. The number of imidazole rings is 1. The number of amides is 2. The van der Waals surface area contributed by atoms with Crippen LogP contribution < -0.4 is 10.6 Å². The van der Waals surface area contributed by atoms with Gasteiger partial charge in [-0.3, -0.25) is 19.4 Å². The van der Waals surface area contributed by atoms with Gasteiger partial charge in [0, 0.05) is 54.5 Å². The number of carboxylic acid groups (broad SMARTS) is 1. The molecule has 9 heteroatoms. The summed E-state index contributed by atoms with van der Waals surface area (Å²) in [5.74, 6) is 0.0268. The van der Waals surface area contributed by atoms with E-state index in [0.717, 1.165) is 36.9 Å². The Hall–Kier alpha value is -4.01. The van der Waals surface area contributed by atoms with Gasteiger partial charge in [-0.1, -0.05) is 0 Å². The molecule has 0 saturated heterocycles. The molecule has 1 fully saturated rings. The van der Waals surface area contributed by atoms with E-state index in [2.05, 4.69) is 20.6 Å². The lowest BCUT2D eigenvalue weighted by molar-refractivity contribution is -0.126. The van der Waals surface area contributed by atoms with Gasteiger partial charge in [0.1, 0.15) is 0 Å². The molecule has 0 bridgehead atoms. The maximum atomic E-state index is 12.6. The van der Waals surface area contributed by atoms with Crippen molar-refractivity contribution in [2.45, 2.75) is 38.3 Å². The Kier molecular flexibility index (Phi) is 8.70. The quantitative estimate of drug-likeness (QED) is 0.497. The van der Waals surface area contributed by atoms with Gasteiger partial charge in [-0.2, -0.15) is 0 Å². The van der Waals surface area contributed by atoms with E-state index in [0.29, 0.717) is 12.1 Å². The largest absolute Gasteiger partial charge is 0.483 e. The lowest BCUT2D eigenvalue weighted by Crippen LogP contribution is -2.40. The normalized spacial score (nSPS) is 17.2. The molecule has 3 aromatic rings. The average Bonchev–Trinajstić information content (AvgIpc) is 3.39. The first-order valence-corrected chi connectivity index (χ1v) is 10.7. The number of carbonyl (C=O) groups is 3. The number of nitrogens with one attached hydrogen (secondary N) is 2. The van der Waals surface area contributed by atoms with Crippen molar-refractivity contribution < 1.29 is 19.5 Å². The zero-order valence-electron chi connectivity index (χ0n) is 18.1. The summed E-state index contributed by atoms with van der Waals surface area (Å²) >= 11 is 0. The van der Waals surface area contributed by atoms with Crippen LogP contribution in [0, 0.1) is 5.92 Å². The molecular weight excluding hydrogens is 422 g/mol. The minimum atomic E-state index is -0.250. The van der Waals surface area contributed by atoms with E-state index < -0.39 is 0 Å². The van der Waals surface area contributed by atoms with Crippen LogP contribution in [0.15, 0.2) is 67.5 Å². The number of nitrogens with zero attached hydrogens (tertiary/aromatic N) is 3. The molecule has 0 aliphatic heterocycles. The minimum absolute atomic E-state index is 0.00875. The van der Waals surface area contributed by atoms with E-state index in [1.807, 2.05) is 47.2 Å². The van der Waals surface area contributed by atoms with Crippen molar-refractivity contribution in [3.63, 3.8) is 0 Å². The average molecular weight is 450 g/mol. The third-order valence-corrected chi connectivity index (χ3v) is 5.58. The predicted molar refractivity (Wildman–Crippen MR) is 122 cm³/mol. The van der Waals surface area contributed by atoms with Crippen molar-refractivity contribution in [3.05, 3.63) is 78.6 Å². The molecule has 33 heavy (non-hydrogen) atoms. The number of rotatable bonds is 6. The Morgan fingerprint density at radius 1 is 1.00 bits per heavy atom. The molecule has 3 N–H and O–H groups in total. The van der Waals surface area contributed by atoms with Crippen LogP contribution in [-0.2, 0) is 16.1 Å². The molecule has 0 atom stereocenters. The topological polar surface area (TPSA) is 126 Å². The van der Waals surface area contributed by atoms with Crippen LogP contribution in [0.3, 0.4) is 0 Å². The Balaban J connectivity index is 0.000000968. The third kappa shape index (κ3) is 6.99. The first-order valence-electron chi connectivity index (χ1n) is 10.7. The number of pyridine rings is 1. The van der Waals surface area contributed by atoms with Gasteiger partial charge in [0.15, 0.2) is 0 Å². The summed E-state index contributed by atoms with van der Waals surface area (Å²) in [4.78, 5) is 41.4. The molecule has 2 amide bonds. The highest BCUT2D eigenvalue weighted by Crippen LogP contribution is 2.25. The molecule has 0 spiro atoms. The number of hydrogen-bond donors (Lipinski definition) is 3. The molecule has 2 aromatic heterocycles. The molecule has 1 aliphatic rings. The second-order valence-electron chi connectivity index (χ2n) is 7.72. The summed E-state index contributed by atoms with van der Waals surface area (Å²) in [6.45, 7) is 0.271. The Morgan fingerprint density at radius 2 is 1.67 bits per heavy atom. The maximum absolute atomic E-state index is 12.6. The third-order valence-electron chi connectivity index (χ3n) is 5.58. The fourth-order valence-electron chi connectivity index (χ4n) is 3.80. The molecule has 0 unspecified atom stereocenters. The molecule has 1 aliphatic carbocycles. The van der Waals surface area contributed by atoms with Crippen LogP contribution in [0.4, 0.5) is 0 Å². The Morgan fingerprint density at radius 3 is 2.27 bits per heavy atom. The summed E-state index contributed by atoms with van der Waals surface area (Å²) in [7, 11) is 0. The van der Waals surface area contributed by atoms with Gasteiger partial charge in [0.2, 0.25) is 5.91 Å². The lowest BCUT2D eigenvalue weighted by atomic mass is 9.85. The van der Waals surface area contributed by atoms with E-state index in [-0.39, 0.29) is 30.2 Å². The van der Waals surface area contributed by atoms with Crippen LogP contribution >= 0.6 is 0 Å². The first kappa shape index (κ1) is 23.6. The molecular formula is C24H27N5O4. The predicted octanol–water partition coefficient (Wildman–Crippen LogP) is 2.57. The van der Waals surface area contributed by atoms with Gasteiger partial charge < -0.3 is 20.3 Å². The summed E-state index contributed by atoms with van der Waals surface area (Å²) < 4.78 is 1.89. The van der Waals surface area contributed by atoms with Crippen molar-refractivity contribution in [2.75, 3.05) is 0 Å². The Labute approximate surface area is 191 Å². The minimum Gasteiger partial charge on any atom is -0.483 e. The van der Waals surface area contributed by atoms with Gasteiger partial charge >= 0.3 is 0 Å². The van der Waals surface area contributed by atoms with Crippen LogP contribution in [0.25, 0.3) is 5.69 Å². The number of carbonyl (C=O) groups excluding carboxylic acids is 2. The first-order chi connectivity index (χ1) is 16.1. The van der Waals surface area contributed by atoms with Crippen LogP contribution in [-0.4, -0.2) is 44.0 Å². The molecule has 9 nitrogen and oxygen atoms in total. The summed E-state index contributed by atoms with van der Waals surface area (Å²) in [6.07, 6.45) is 11.9. The maximum Gasteiger partial charge on any atom is 0.290 e. The van der Waals surface area contributed by atoms with E-state index >= 15 is 0 Å². The van der Waals surface area contributed by atoms with Crippen molar-refractivity contribution in [1.82, 2.24) is 25.2 Å². The van der Waals surface area contributed by atoms with Gasteiger partial charge in [-0.15, -0.1) is 0 Å². The van der Waals surface area contributed by atoms with Crippen molar-refractivity contribution >= 4 is 18.3 Å². The van der Waals surface area contributed by atoms with Gasteiger partial charge in [-0.05, 0) is 67.6 Å². The highest BCUT2D eigenvalue weighted by molar-refractivity contribution is 5.94. The highest BCUT2D eigenvalue weighted by atomic mass is 16.3. The smallest absolute Gasteiger partial charge is 0.290 e. The lowest BCUT2D eigenvalue weighted by Gasteiger charge is -2.28. The van der Waals surface area contributed by atoms with E-state index in [1.54, 1.807) is 24.9 Å². The van der Waals surface area contributed by atoms with Gasteiger partial charge in [-0.25, -0.2) is 4.98 Å². The molecule has 1 aromatic carbocycles. The van der Waals surface area contributed by atoms with Crippen LogP contribution in [0.2, 0.25) is 0 Å². The second kappa shape index (κ2) is 12.1. The van der Waals surface area contributed by atoms with E-state index in [9.17, 15) is 9.59 Å². The number of hydrogen-bond acceptors (Lipinski definition) is 5.